The fourth-order valence-corrected chi connectivity index (χ4v) is 3.25. The topological polar surface area (TPSA) is 57.2 Å². The van der Waals surface area contributed by atoms with Crippen LogP contribution in [-0.4, -0.2) is 23.7 Å². The number of nitrogens with two attached hydrogens (primary N) is 1. The van der Waals surface area contributed by atoms with Crippen molar-refractivity contribution < 1.29 is 9.53 Å². The first-order chi connectivity index (χ1) is 11.0. The summed E-state index contributed by atoms with van der Waals surface area (Å²) >= 11 is 3.46. The molecule has 0 bridgehead atoms. The van der Waals surface area contributed by atoms with E-state index >= 15 is 0 Å². The molecule has 4 nitrogen and oxygen atoms in total. The van der Waals surface area contributed by atoms with Crippen LogP contribution in [0.1, 0.15) is 35.0 Å². The molecule has 0 saturated heterocycles. The molecule has 0 aliphatic rings. The number of rotatable bonds is 7. The molecule has 0 saturated carbocycles. The highest BCUT2D eigenvalue weighted by Crippen LogP contribution is 2.32. The first kappa shape index (κ1) is 17.8. The van der Waals surface area contributed by atoms with Crippen LogP contribution < -0.4 is 5.73 Å². The molecule has 124 valence electrons. The average Bonchev–Trinajstić information content (AvgIpc) is 2.75. The summed E-state index contributed by atoms with van der Waals surface area (Å²) in [5, 5.41) is 0. The number of hydrogen-bond donors (Lipinski definition) is 1. The Morgan fingerprint density at radius 1 is 1.26 bits per heavy atom. The quantitative estimate of drug-likeness (QED) is 0.738. The highest BCUT2D eigenvalue weighted by Gasteiger charge is 2.21. The number of carbonyl (C=O) groups is 1. The van der Waals surface area contributed by atoms with Crippen molar-refractivity contribution in [2.75, 3.05) is 13.2 Å². The number of primary amides is 1. The zero-order valence-electron chi connectivity index (χ0n) is 13.9. The Labute approximate surface area is 145 Å². The molecule has 2 aromatic rings. The first-order valence-electron chi connectivity index (χ1n) is 7.80. The summed E-state index contributed by atoms with van der Waals surface area (Å²) in [4.78, 5) is 11.8. The molecule has 0 fully saturated rings. The molecular weight excluding hydrogens is 356 g/mol. The van der Waals surface area contributed by atoms with Crippen molar-refractivity contribution >= 4 is 21.8 Å². The van der Waals surface area contributed by atoms with E-state index in [1.807, 2.05) is 32.9 Å². The lowest BCUT2D eigenvalue weighted by atomic mass is 10.1. The van der Waals surface area contributed by atoms with Gasteiger partial charge in [0.15, 0.2) is 0 Å². The Morgan fingerprint density at radius 3 is 2.48 bits per heavy atom. The second-order valence-corrected chi connectivity index (χ2v) is 6.42. The van der Waals surface area contributed by atoms with Gasteiger partial charge in [-0.3, -0.25) is 4.79 Å². The van der Waals surface area contributed by atoms with Gasteiger partial charge in [0.05, 0.1) is 11.3 Å². The van der Waals surface area contributed by atoms with Crippen LogP contribution in [0.25, 0.3) is 11.3 Å². The van der Waals surface area contributed by atoms with Gasteiger partial charge in [0.25, 0.3) is 5.91 Å². The predicted octanol–water partition coefficient (Wildman–Crippen LogP) is 4.06. The van der Waals surface area contributed by atoms with Gasteiger partial charge in [-0.2, -0.15) is 0 Å². The third kappa shape index (κ3) is 3.85. The molecule has 0 atom stereocenters. The zero-order valence-corrected chi connectivity index (χ0v) is 15.4. The third-order valence-corrected chi connectivity index (χ3v) is 4.53. The molecule has 2 rings (SSSR count). The Morgan fingerprint density at radius 2 is 1.91 bits per heavy atom. The molecule has 0 aliphatic carbocycles. The van der Waals surface area contributed by atoms with Crippen molar-refractivity contribution in [3.05, 3.63) is 45.6 Å². The number of carbonyl (C=O) groups excluding carboxylic acids is 1. The van der Waals surface area contributed by atoms with E-state index in [9.17, 15) is 4.79 Å². The molecule has 2 N–H and O–H groups in total. The monoisotopic (exact) mass is 378 g/mol. The molecule has 0 aliphatic heterocycles. The standard InChI is InChI=1S/C18H23BrN2O2/c1-4-23-11-5-10-21-13(3)16(18(20)22)12(2)17(21)14-6-8-15(19)9-7-14/h6-9H,4-5,10-11H2,1-3H3,(H2,20,22). The van der Waals surface area contributed by atoms with Crippen LogP contribution in [0.5, 0.6) is 0 Å². The second-order valence-electron chi connectivity index (χ2n) is 5.51. The molecule has 0 spiro atoms. The molecule has 0 radical (unpaired) electrons. The summed E-state index contributed by atoms with van der Waals surface area (Å²) in [6.45, 7) is 8.13. The van der Waals surface area contributed by atoms with Crippen molar-refractivity contribution in [1.82, 2.24) is 4.57 Å². The SMILES string of the molecule is CCOCCCn1c(C)c(C(N)=O)c(C)c1-c1ccc(Br)cc1. The maximum atomic E-state index is 11.8. The second kappa shape index (κ2) is 7.79. The van der Waals surface area contributed by atoms with Crippen LogP contribution in [0.15, 0.2) is 28.7 Å². The number of aromatic nitrogens is 1. The third-order valence-electron chi connectivity index (χ3n) is 4.01. The lowest BCUT2D eigenvalue weighted by Gasteiger charge is -2.13. The number of nitrogens with zero attached hydrogens (tertiary/aromatic N) is 1. The van der Waals surface area contributed by atoms with Gasteiger partial charge in [0.1, 0.15) is 0 Å². The minimum absolute atomic E-state index is 0.373. The maximum absolute atomic E-state index is 11.8. The molecule has 23 heavy (non-hydrogen) atoms. The van der Waals surface area contributed by atoms with Gasteiger partial charge in [-0.1, -0.05) is 28.1 Å². The molecule has 5 heteroatoms. The Bertz CT molecular complexity index is 690. The number of hydrogen-bond acceptors (Lipinski definition) is 2. The largest absolute Gasteiger partial charge is 0.382 e. The van der Waals surface area contributed by atoms with Crippen LogP contribution in [0, 0.1) is 13.8 Å². The lowest BCUT2D eigenvalue weighted by molar-refractivity contribution is 0.0999. The number of benzene rings is 1. The van der Waals surface area contributed by atoms with Crippen molar-refractivity contribution in [2.24, 2.45) is 5.73 Å². The molecule has 1 heterocycles. The summed E-state index contributed by atoms with van der Waals surface area (Å²) in [5.74, 6) is -0.373. The minimum Gasteiger partial charge on any atom is -0.382 e. The van der Waals surface area contributed by atoms with Crippen LogP contribution in [0.2, 0.25) is 0 Å². The number of halogens is 1. The maximum Gasteiger partial charge on any atom is 0.250 e. The average molecular weight is 379 g/mol. The minimum atomic E-state index is -0.373. The lowest BCUT2D eigenvalue weighted by Crippen LogP contribution is -2.13. The fraction of sp³-hybridized carbons (Fsp3) is 0.389. The van der Waals surface area contributed by atoms with E-state index < -0.39 is 0 Å². The molecule has 1 aromatic heterocycles. The predicted molar refractivity (Wildman–Crippen MR) is 96.7 cm³/mol. The molecule has 1 aromatic carbocycles. The molecule has 1 amide bonds. The van der Waals surface area contributed by atoms with Gasteiger partial charge in [-0.15, -0.1) is 0 Å². The van der Waals surface area contributed by atoms with Crippen LogP contribution in [-0.2, 0) is 11.3 Å². The normalized spacial score (nSPS) is 11.0. The Hall–Kier alpha value is -1.59. The van der Waals surface area contributed by atoms with Crippen molar-refractivity contribution in [3.63, 3.8) is 0 Å². The van der Waals surface area contributed by atoms with Crippen molar-refractivity contribution in [2.45, 2.75) is 33.7 Å². The summed E-state index contributed by atoms with van der Waals surface area (Å²) < 4.78 is 8.64. The summed E-state index contributed by atoms with van der Waals surface area (Å²) in [7, 11) is 0. The van der Waals surface area contributed by atoms with Crippen LogP contribution in [0.3, 0.4) is 0 Å². The number of amides is 1. The summed E-state index contributed by atoms with van der Waals surface area (Å²) in [6.07, 6.45) is 0.893. The first-order valence-corrected chi connectivity index (χ1v) is 8.59. The molecular formula is C18H23BrN2O2. The highest BCUT2D eigenvalue weighted by molar-refractivity contribution is 9.10. The van der Waals surface area contributed by atoms with E-state index in [2.05, 4.69) is 32.6 Å². The van der Waals surface area contributed by atoms with Crippen molar-refractivity contribution in [1.29, 1.82) is 0 Å². The van der Waals surface area contributed by atoms with Gasteiger partial charge >= 0.3 is 0 Å². The van der Waals surface area contributed by atoms with E-state index in [4.69, 9.17) is 10.5 Å². The summed E-state index contributed by atoms with van der Waals surface area (Å²) in [6, 6.07) is 8.11. The van der Waals surface area contributed by atoms with Gasteiger partial charge in [0, 0.05) is 29.9 Å². The van der Waals surface area contributed by atoms with Gasteiger partial charge in [-0.05, 0) is 50.5 Å². The highest BCUT2D eigenvalue weighted by atomic mass is 79.9. The molecule has 0 unspecified atom stereocenters. The van der Waals surface area contributed by atoms with Gasteiger partial charge in [0.2, 0.25) is 0 Å². The van der Waals surface area contributed by atoms with E-state index in [1.165, 1.54) is 0 Å². The van der Waals surface area contributed by atoms with E-state index in [0.29, 0.717) is 12.2 Å². The Kier molecular flexibility index (Phi) is 6.02. The fourth-order valence-electron chi connectivity index (χ4n) is 2.99. The Balaban J connectivity index is 2.47. The summed E-state index contributed by atoms with van der Waals surface area (Å²) in [5.41, 5.74) is 10.2. The zero-order chi connectivity index (χ0) is 17.0. The van der Waals surface area contributed by atoms with E-state index in [1.54, 1.807) is 0 Å². The van der Waals surface area contributed by atoms with E-state index in [-0.39, 0.29) is 5.91 Å². The number of ether oxygens (including phenoxy) is 1. The van der Waals surface area contributed by atoms with E-state index in [0.717, 1.165) is 46.6 Å². The van der Waals surface area contributed by atoms with Gasteiger partial charge < -0.3 is 15.0 Å². The van der Waals surface area contributed by atoms with Crippen LogP contribution in [0.4, 0.5) is 0 Å². The smallest absolute Gasteiger partial charge is 0.250 e. The van der Waals surface area contributed by atoms with Gasteiger partial charge in [-0.25, -0.2) is 0 Å². The van der Waals surface area contributed by atoms with Crippen LogP contribution >= 0.6 is 15.9 Å². The van der Waals surface area contributed by atoms with Crippen molar-refractivity contribution in [3.8, 4) is 11.3 Å².